The van der Waals surface area contributed by atoms with Crippen LogP contribution in [0.15, 0.2) is 40.9 Å². The van der Waals surface area contributed by atoms with Crippen LogP contribution in [0.2, 0.25) is 0 Å². The number of fused-ring (bicyclic) bond motifs is 1. The highest BCUT2D eigenvalue weighted by Crippen LogP contribution is 2.40. The molecule has 0 amide bonds. The summed E-state index contributed by atoms with van der Waals surface area (Å²) >= 11 is 3.38. The van der Waals surface area contributed by atoms with E-state index in [0.29, 0.717) is 17.1 Å². The summed E-state index contributed by atoms with van der Waals surface area (Å²) in [6, 6.07) is 7.99. The molecular weight excluding hydrogens is 378 g/mol. The molecule has 0 saturated carbocycles. The number of benzene rings is 2. The van der Waals surface area contributed by atoms with Gasteiger partial charge in [-0.05, 0) is 46.6 Å². The lowest BCUT2D eigenvalue weighted by Gasteiger charge is -2.02. The molecule has 1 heterocycles. The molecule has 0 aliphatic carbocycles. The van der Waals surface area contributed by atoms with Crippen molar-refractivity contribution in [3.05, 3.63) is 67.7 Å². The Morgan fingerprint density at radius 1 is 1.29 bits per heavy atom. The molecule has 0 spiro atoms. The molecule has 24 heavy (non-hydrogen) atoms. The summed E-state index contributed by atoms with van der Waals surface area (Å²) in [5, 5.41) is 11.0. The molecule has 2 aromatic rings. The average Bonchev–Trinajstić information content (AvgIpc) is 3.02. The van der Waals surface area contributed by atoms with Crippen molar-refractivity contribution in [2.45, 2.75) is 6.92 Å². The fourth-order valence-corrected chi connectivity index (χ4v) is 2.89. The Bertz CT molecular complexity index is 876. The lowest BCUT2D eigenvalue weighted by molar-refractivity contribution is -0.385. The number of ketones is 1. The molecule has 0 bridgehead atoms. The van der Waals surface area contributed by atoms with Crippen molar-refractivity contribution in [2.75, 3.05) is 6.79 Å². The number of nitrogens with zero attached hydrogens (tertiary/aromatic N) is 1. The predicted molar refractivity (Wildman–Crippen MR) is 91.5 cm³/mol. The van der Waals surface area contributed by atoms with E-state index in [9.17, 15) is 14.9 Å². The molecule has 2 aromatic carbocycles. The first kappa shape index (κ1) is 16.2. The average molecular weight is 390 g/mol. The highest BCUT2D eigenvalue weighted by Gasteiger charge is 2.17. The van der Waals surface area contributed by atoms with Crippen molar-refractivity contribution < 1.29 is 19.2 Å². The van der Waals surface area contributed by atoms with E-state index in [1.54, 1.807) is 37.3 Å². The lowest BCUT2D eigenvalue weighted by Crippen LogP contribution is -1.98. The molecular formula is C17H12BrNO5. The number of nitro groups is 1. The molecule has 122 valence electrons. The number of allylic oxidation sites excluding steroid dienone is 1. The minimum atomic E-state index is -0.495. The summed E-state index contributed by atoms with van der Waals surface area (Å²) in [5.74, 6) is 0.918. The van der Waals surface area contributed by atoms with Crippen LogP contribution in [-0.4, -0.2) is 17.5 Å². The normalized spacial score (nSPS) is 12.6. The van der Waals surface area contributed by atoms with Crippen LogP contribution in [0, 0.1) is 17.0 Å². The largest absolute Gasteiger partial charge is 0.454 e. The van der Waals surface area contributed by atoms with Crippen LogP contribution in [0.5, 0.6) is 11.5 Å². The second-order valence-electron chi connectivity index (χ2n) is 5.19. The molecule has 7 heteroatoms. The number of ether oxygens (including phenoxy) is 2. The van der Waals surface area contributed by atoms with Gasteiger partial charge in [0.05, 0.1) is 9.40 Å². The van der Waals surface area contributed by atoms with E-state index in [4.69, 9.17) is 9.47 Å². The van der Waals surface area contributed by atoms with Crippen molar-refractivity contribution in [1.82, 2.24) is 0 Å². The van der Waals surface area contributed by atoms with E-state index in [2.05, 4.69) is 15.9 Å². The lowest BCUT2D eigenvalue weighted by atomic mass is 10.1. The molecule has 0 N–H and O–H groups in total. The zero-order valence-electron chi connectivity index (χ0n) is 12.6. The van der Waals surface area contributed by atoms with Gasteiger partial charge in [-0.25, -0.2) is 0 Å². The van der Waals surface area contributed by atoms with Crippen molar-refractivity contribution >= 4 is 33.5 Å². The van der Waals surface area contributed by atoms with Gasteiger partial charge in [-0.15, -0.1) is 0 Å². The van der Waals surface area contributed by atoms with Gasteiger partial charge in [0, 0.05) is 17.2 Å². The number of carbonyl (C=O) groups excluding carboxylic acids is 1. The third-order valence-electron chi connectivity index (χ3n) is 3.57. The Morgan fingerprint density at radius 3 is 2.83 bits per heavy atom. The maximum atomic E-state index is 12.2. The van der Waals surface area contributed by atoms with Crippen LogP contribution in [0.4, 0.5) is 5.69 Å². The molecule has 0 unspecified atom stereocenters. The minimum Gasteiger partial charge on any atom is -0.454 e. The molecule has 0 saturated heterocycles. The highest BCUT2D eigenvalue weighted by atomic mass is 79.9. The van der Waals surface area contributed by atoms with Crippen LogP contribution in [0.1, 0.15) is 21.5 Å². The molecule has 0 fully saturated rings. The molecule has 0 aromatic heterocycles. The van der Waals surface area contributed by atoms with Crippen LogP contribution in [-0.2, 0) is 0 Å². The fraction of sp³-hybridized carbons (Fsp3) is 0.118. The van der Waals surface area contributed by atoms with Gasteiger partial charge in [0.2, 0.25) is 6.79 Å². The predicted octanol–water partition coefficient (Wildman–Crippen LogP) is 4.29. The van der Waals surface area contributed by atoms with Crippen LogP contribution < -0.4 is 9.47 Å². The third-order valence-corrected chi connectivity index (χ3v) is 4.16. The van der Waals surface area contributed by atoms with Gasteiger partial charge in [0.1, 0.15) is 0 Å². The third kappa shape index (κ3) is 3.16. The van der Waals surface area contributed by atoms with Gasteiger partial charge >= 0.3 is 0 Å². The number of carbonyl (C=O) groups is 1. The van der Waals surface area contributed by atoms with Crippen LogP contribution >= 0.6 is 15.9 Å². The summed E-state index contributed by atoms with van der Waals surface area (Å²) in [5.41, 5.74) is 1.46. The van der Waals surface area contributed by atoms with E-state index >= 15 is 0 Å². The second kappa shape index (κ2) is 6.45. The smallest absolute Gasteiger partial charge is 0.273 e. The van der Waals surface area contributed by atoms with Gasteiger partial charge in [0.15, 0.2) is 17.3 Å². The van der Waals surface area contributed by atoms with Gasteiger partial charge in [0.25, 0.3) is 5.69 Å². The number of rotatable bonds is 4. The summed E-state index contributed by atoms with van der Waals surface area (Å²) in [7, 11) is 0. The maximum Gasteiger partial charge on any atom is 0.273 e. The zero-order chi connectivity index (χ0) is 17.3. The van der Waals surface area contributed by atoms with E-state index < -0.39 is 4.92 Å². The van der Waals surface area contributed by atoms with Crippen LogP contribution in [0.3, 0.4) is 0 Å². The first-order chi connectivity index (χ1) is 11.5. The molecule has 3 rings (SSSR count). The number of hydrogen-bond acceptors (Lipinski definition) is 5. The summed E-state index contributed by atoms with van der Waals surface area (Å²) in [6.07, 6.45) is 3.00. The van der Waals surface area contributed by atoms with Crippen molar-refractivity contribution in [2.24, 2.45) is 0 Å². The minimum absolute atomic E-state index is 0.0694. The Kier molecular flexibility index (Phi) is 4.35. The topological polar surface area (TPSA) is 78.7 Å². The standard InChI is InChI=1S/C17H12BrNO5/c1-10-2-4-12(8-14(10)19(21)22)15(20)5-3-11-6-13(18)17-16(7-11)23-9-24-17/h2-8H,9H2,1H3/b5-3+. The van der Waals surface area contributed by atoms with Gasteiger partial charge in [-0.3, -0.25) is 14.9 Å². The van der Waals surface area contributed by atoms with E-state index in [1.807, 2.05) is 0 Å². The van der Waals surface area contributed by atoms with Crippen LogP contribution in [0.25, 0.3) is 6.08 Å². The Morgan fingerprint density at radius 2 is 2.08 bits per heavy atom. The van der Waals surface area contributed by atoms with Crippen molar-refractivity contribution in [3.8, 4) is 11.5 Å². The number of nitro benzene ring substituents is 1. The molecule has 1 aliphatic heterocycles. The summed E-state index contributed by atoms with van der Waals surface area (Å²) in [4.78, 5) is 22.7. The molecule has 0 atom stereocenters. The molecule has 6 nitrogen and oxygen atoms in total. The Labute approximate surface area is 146 Å². The number of hydrogen-bond donors (Lipinski definition) is 0. The fourth-order valence-electron chi connectivity index (χ4n) is 2.31. The van der Waals surface area contributed by atoms with Crippen molar-refractivity contribution in [3.63, 3.8) is 0 Å². The first-order valence-electron chi connectivity index (χ1n) is 7.02. The van der Waals surface area contributed by atoms with Gasteiger partial charge in [-0.1, -0.05) is 18.2 Å². The first-order valence-corrected chi connectivity index (χ1v) is 7.81. The van der Waals surface area contributed by atoms with E-state index in [0.717, 1.165) is 10.0 Å². The summed E-state index contributed by atoms with van der Waals surface area (Å²) in [6.45, 7) is 1.79. The SMILES string of the molecule is Cc1ccc(C(=O)/C=C/c2cc(Br)c3c(c2)OCO3)cc1[N+](=O)[O-]. The Hall–Kier alpha value is -2.67. The highest BCUT2D eigenvalue weighted by molar-refractivity contribution is 9.10. The Balaban J connectivity index is 1.85. The van der Waals surface area contributed by atoms with E-state index in [-0.39, 0.29) is 23.8 Å². The van der Waals surface area contributed by atoms with Gasteiger partial charge < -0.3 is 9.47 Å². The molecule has 0 radical (unpaired) electrons. The quantitative estimate of drug-likeness (QED) is 0.337. The van der Waals surface area contributed by atoms with E-state index in [1.165, 1.54) is 12.1 Å². The second-order valence-corrected chi connectivity index (χ2v) is 6.05. The zero-order valence-corrected chi connectivity index (χ0v) is 14.2. The van der Waals surface area contributed by atoms with Crippen molar-refractivity contribution in [1.29, 1.82) is 0 Å². The summed E-state index contributed by atoms with van der Waals surface area (Å²) < 4.78 is 11.4. The number of aryl methyl sites for hydroxylation is 1. The molecule has 1 aliphatic rings. The van der Waals surface area contributed by atoms with Gasteiger partial charge in [-0.2, -0.15) is 0 Å². The number of halogens is 1. The monoisotopic (exact) mass is 389 g/mol. The maximum absolute atomic E-state index is 12.2.